The van der Waals surface area contributed by atoms with Crippen molar-refractivity contribution in [3.05, 3.63) is 21.6 Å². The maximum Gasteiger partial charge on any atom is 0.287 e. The molecule has 0 radical (unpaired) electrons. The van der Waals surface area contributed by atoms with E-state index in [0.29, 0.717) is 11.7 Å². The third-order valence-electron chi connectivity index (χ3n) is 3.40. The fraction of sp³-hybridized carbons (Fsp3) is 0.667. The third kappa shape index (κ3) is 2.91. The maximum absolute atomic E-state index is 12.0. The van der Waals surface area contributed by atoms with Crippen LogP contribution < -0.4 is 15.8 Å². The first-order chi connectivity index (χ1) is 9.19. The molecule has 1 aliphatic rings. The summed E-state index contributed by atoms with van der Waals surface area (Å²) in [6.07, 6.45) is 2.64. The van der Waals surface area contributed by atoms with Crippen molar-refractivity contribution in [3.8, 4) is 0 Å². The first kappa shape index (κ1) is 14.3. The minimum atomic E-state index is -0.349. The van der Waals surface area contributed by atoms with E-state index < -0.39 is 0 Å². The van der Waals surface area contributed by atoms with Crippen LogP contribution in [0.15, 0.2) is 11.0 Å². The number of aliphatic hydroxyl groups excluding tert-OH is 1. The molecule has 19 heavy (non-hydrogen) atoms. The molecule has 2 rings (SSSR count). The lowest BCUT2D eigenvalue weighted by atomic mass is 10.2. The van der Waals surface area contributed by atoms with Crippen LogP contribution in [0.25, 0.3) is 0 Å². The normalized spacial score (nSPS) is 18.8. The molecule has 1 saturated heterocycles. The molecule has 1 atom stereocenters. The average Bonchev–Trinajstić information content (AvgIpc) is 2.92. The highest BCUT2D eigenvalue weighted by Gasteiger charge is 2.24. The molecule has 1 aliphatic heterocycles. The predicted molar refractivity (Wildman–Crippen MR) is 74.9 cm³/mol. The molecular formula is C12H19ClN4O2. The van der Waals surface area contributed by atoms with Gasteiger partial charge in [0, 0.05) is 19.1 Å². The second-order valence-corrected chi connectivity index (χ2v) is 4.91. The van der Waals surface area contributed by atoms with Gasteiger partial charge in [0.05, 0.1) is 25.0 Å². The van der Waals surface area contributed by atoms with Gasteiger partial charge in [-0.1, -0.05) is 11.6 Å². The Bertz CT molecular complexity index is 485. The minimum Gasteiger partial charge on any atom is -0.394 e. The zero-order valence-corrected chi connectivity index (χ0v) is 11.7. The summed E-state index contributed by atoms with van der Waals surface area (Å²) >= 11 is 6.17. The highest BCUT2D eigenvalue weighted by atomic mass is 35.5. The van der Waals surface area contributed by atoms with Crippen LogP contribution in [0, 0.1) is 0 Å². The zero-order chi connectivity index (χ0) is 13.8. The number of hydrogen-bond acceptors (Lipinski definition) is 5. The summed E-state index contributed by atoms with van der Waals surface area (Å²) in [6.45, 7) is 4.71. The first-order valence-corrected chi connectivity index (χ1v) is 6.90. The maximum atomic E-state index is 12.0. The Morgan fingerprint density at radius 3 is 3.05 bits per heavy atom. The summed E-state index contributed by atoms with van der Waals surface area (Å²) in [5, 5.41) is 16.4. The van der Waals surface area contributed by atoms with Crippen molar-refractivity contribution < 1.29 is 5.11 Å². The van der Waals surface area contributed by atoms with Gasteiger partial charge in [0.1, 0.15) is 5.02 Å². The van der Waals surface area contributed by atoms with E-state index in [4.69, 9.17) is 16.7 Å². The molecule has 0 spiro atoms. The van der Waals surface area contributed by atoms with Crippen molar-refractivity contribution >= 4 is 17.3 Å². The molecule has 106 valence electrons. The van der Waals surface area contributed by atoms with E-state index in [9.17, 15) is 4.79 Å². The van der Waals surface area contributed by atoms with E-state index in [-0.39, 0.29) is 23.7 Å². The standard InChI is InChI=1S/C12H19ClN4O2/c1-2-16(9-3-4-14-7-9)10-8-15-17(5-6-18)12(19)11(10)13/h8-9,14,18H,2-7H2,1H3. The van der Waals surface area contributed by atoms with E-state index in [1.165, 1.54) is 4.68 Å². The average molecular weight is 287 g/mol. The van der Waals surface area contributed by atoms with Gasteiger partial charge in [0.2, 0.25) is 0 Å². The molecule has 2 N–H and O–H groups in total. The molecule has 0 aliphatic carbocycles. The number of aromatic nitrogens is 2. The van der Waals surface area contributed by atoms with Gasteiger partial charge in [0.25, 0.3) is 5.56 Å². The summed E-state index contributed by atoms with van der Waals surface area (Å²) in [5.74, 6) is 0. The van der Waals surface area contributed by atoms with Gasteiger partial charge in [-0.2, -0.15) is 5.10 Å². The van der Waals surface area contributed by atoms with Crippen LogP contribution in [-0.2, 0) is 6.54 Å². The van der Waals surface area contributed by atoms with Crippen molar-refractivity contribution in [3.63, 3.8) is 0 Å². The molecule has 2 heterocycles. The Hall–Kier alpha value is -1.11. The van der Waals surface area contributed by atoms with Crippen LogP contribution in [0.3, 0.4) is 0 Å². The van der Waals surface area contributed by atoms with E-state index >= 15 is 0 Å². The van der Waals surface area contributed by atoms with Crippen molar-refractivity contribution in [1.29, 1.82) is 0 Å². The van der Waals surface area contributed by atoms with Gasteiger partial charge in [-0.05, 0) is 19.9 Å². The molecule has 1 fully saturated rings. The second kappa shape index (κ2) is 6.36. The molecule has 6 nitrogen and oxygen atoms in total. The molecule has 0 saturated carbocycles. The summed E-state index contributed by atoms with van der Waals surface area (Å²) in [6, 6.07) is 0.345. The number of aliphatic hydroxyl groups is 1. The molecule has 0 aromatic carbocycles. The van der Waals surface area contributed by atoms with E-state index in [1.54, 1.807) is 6.20 Å². The van der Waals surface area contributed by atoms with Crippen molar-refractivity contribution in [2.75, 3.05) is 31.1 Å². The van der Waals surface area contributed by atoms with Crippen LogP contribution in [-0.4, -0.2) is 47.2 Å². The smallest absolute Gasteiger partial charge is 0.287 e. The van der Waals surface area contributed by atoms with Crippen LogP contribution in [0.4, 0.5) is 5.69 Å². The monoisotopic (exact) mass is 286 g/mol. The number of likely N-dealkylation sites (N-methyl/N-ethyl adjacent to an activating group) is 1. The third-order valence-corrected chi connectivity index (χ3v) is 3.76. The van der Waals surface area contributed by atoms with Crippen LogP contribution in [0.2, 0.25) is 5.02 Å². The fourth-order valence-corrected chi connectivity index (χ4v) is 2.70. The van der Waals surface area contributed by atoms with E-state index in [0.717, 1.165) is 26.1 Å². The number of nitrogens with one attached hydrogen (secondary N) is 1. The van der Waals surface area contributed by atoms with E-state index in [1.807, 2.05) is 6.92 Å². The lowest BCUT2D eigenvalue weighted by molar-refractivity contribution is 0.266. The molecular weight excluding hydrogens is 268 g/mol. The van der Waals surface area contributed by atoms with Crippen LogP contribution in [0.1, 0.15) is 13.3 Å². The summed E-state index contributed by atoms with van der Waals surface area (Å²) < 4.78 is 1.19. The van der Waals surface area contributed by atoms with Crippen LogP contribution >= 0.6 is 11.6 Å². The Labute approximate surface area is 117 Å². The van der Waals surface area contributed by atoms with Crippen molar-refractivity contribution in [2.24, 2.45) is 0 Å². The quantitative estimate of drug-likeness (QED) is 0.802. The molecule has 1 aromatic heterocycles. The van der Waals surface area contributed by atoms with Gasteiger partial charge in [0.15, 0.2) is 0 Å². The summed E-state index contributed by atoms with van der Waals surface area (Å²) in [7, 11) is 0. The molecule has 7 heteroatoms. The minimum absolute atomic E-state index is 0.132. The molecule has 1 unspecified atom stereocenters. The Balaban J connectivity index is 2.33. The molecule has 0 amide bonds. The number of halogens is 1. The van der Waals surface area contributed by atoms with Gasteiger partial charge in [-0.25, -0.2) is 4.68 Å². The number of rotatable bonds is 5. The largest absolute Gasteiger partial charge is 0.394 e. The second-order valence-electron chi connectivity index (χ2n) is 4.53. The fourth-order valence-electron chi connectivity index (χ4n) is 2.44. The number of hydrogen-bond donors (Lipinski definition) is 2. The zero-order valence-electron chi connectivity index (χ0n) is 11.0. The Morgan fingerprint density at radius 2 is 2.47 bits per heavy atom. The van der Waals surface area contributed by atoms with E-state index in [2.05, 4.69) is 15.3 Å². The van der Waals surface area contributed by atoms with Gasteiger partial charge in [-0.3, -0.25) is 4.79 Å². The van der Waals surface area contributed by atoms with Crippen molar-refractivity contribution in [1.82, 2.24) is 15.1 Å². The first-order valence-electron chi connectivity index (χ1n) is 6.52. The molecule has 1 aromatic rings. The van der Waals surface area contributed by atoms with Gasteiger partial charge in [-0.15, -0.1) is 0 Å². The number of nitrogens with zero attached hydrogens (tertiary/aromatic N) is 3. The molecule has 0 bridgehead atoms. The SMILES string of the molecule is CCN(c1cnn(CCO)c(=O)c1Cl)C1CCNC1. The Morgan fingerprint density at radius 1 is 1.68 bits per heavy atom. The van der Waals surface area contributed by atoms with Gasteiger partial charge >= 0.3 is 0 Å². The predicted octanol–water partition coefficient (Wildman–Crippen LogP) is 0.0772. The lowest BCUT2D eigenvalue weighted by Crippen LogP contribution is -2.38. The topological polar surface area (TPSA) is 70.4 Å². The van der Waals surface area contributed by atoms with Crippen molar-refractivity contribution in [2.45, 2.75) is 25.9 Å². The summed E-state index contributed by atoms with van der Waals surface area (Å²) in [4.78, 5) is 14.1. The highest BCUT2D eigenvalue weighted by Crippen LogP contribution is 2.24. The Kier molecular flexibility index (Phi) is 4.79. The lowest BCUT2D eigenvalue weighted by Gasteiger charge is -2.29. The van der Waals surface area contributed by atoms with Crippen LogP contribution in [0.5, 0.6) is 0 Å². The summed E-state index contributed by atoms with van der Waals surface area (Å²) in [5.41, 5.74) is 0.328. The highest BCUT2D eigenvalue weighted by molar-refractivity contribution is 6.33. The number of anilines is 1. The van der Waals surface area contributed by atoms with Gasteiger partial charge < -0.3 is 15.3 Å².